The number of para-hydroxylation sites is 1. The summed E-state index contributed by atoms with van der Waals surface area (Å²) in [5.41, 5.74) is 9.86. The number of alkyl halides is 3. The van der Waals surface area contributed by atoms with Gasteiger partial charge in [0.25, 0.3) is 0 Å². The Morgan fingerprint density at radius 1 is 0.322 bits per heavy atom. The van der Waals surface area contributed by atoms with E-state index in [1.165, 1.54) is 12.1 Å². The van der Waals surface area contributed by atoms with Crippen LogP contribution in [0.25, 0.3) is 94.3 Å². The molecule has 282 valence electrons. The lowest BCUT2D eigenvalue weighted by molar-refractivity contribution is -0.137. The van der Waals surface area contributed by atoms with Gasteiger partial charge in [0.2, 0.25) is 0 Å². The van der Waals surface area contributed by atoms with Crippen molar-refractivity contribution in [3.8, 4) is 72.4 Å². The van der Waals surface area contributed by atoms with Gasteiger partial charge in [-0.15, -0.1) is 0 Å². The van der Waals surface area contributed by atoms with Gasteiger partial charge in [0.15, 0.2) is 0 Å². The maximum Gasteiger partial charge on any atom is 0.418 e. The second-order valence-corrected chi connectivity index (χ2v) is 14.5. The predicted molar refractivity (Wildman–Crippen MR) is 238 cm³/mol. The maximum absolute atomic E-state index is 14.8. The highest BCUT2D eigenvalue weighted by atomic mass is 19.4. The first-order valence-electron chi connectivity index (χ1n) is 21.3. The molecule has 10 rings (SSSR count). The molecule has 59 heavy (non-hydrogen) atoms. The van der Waals surface area contributed by atoms with Crippen molar-refractivity contribution in [1.29, 1.82) is 0 Å². The number of benzene rings is 9. The Labute approximate surface area is 346 Å². The van der Waals surface area contributed by atoms with Crippen LogP contribution in [0.4, 0.5) is 13.2 Å². The van der Waals surface area contributed by atoms with Gasteiger partial charge >= 0.3 is 6.18 Å². The molecule has 1 heterocycles. The Balaban J connectivity index is 1.24. The summed E-state index contributed by atoms with van der Waals surface area (Å²) in [7, 11) is 0. The number of rotatable bonds is 7. The van der Waals surface area contributed by atoms with Crippen LogP contribution in [0, 0.1) is 0 Å². The largest absolute Gasteiger partial charge is 0.418 e. The molecule has 4 heteroatoms. The zero-order valence-corrected chi connectivity index (χ0v) is 31.6. The van der Waals surface area contributed by atoms with E-state index in [9.17, 15) is 13.2 Å². The lowest BCUT2D eigenvalue weighted by Gasteiger charge is -2.16. The lowest BCUT2D eigenvalue weighted by Crippen LogP contribution is -2.10. The molecular weight excluding hydrogens is 732 g/mol. The minimum absolute atomic E-state index is 0.0114. The van der Waals surface area contributed by atoms with Gasteiger partial charge < -0.3 is 4.57 Å². The first-order chi connectivity index (χ1) is 30.5. The average molecular weight is 772 g/mol. The summed E-state index contributed by atoms with van der Waals surface area (Å²) in [6.45, 7) is 0. The fourth-order valence-electron chi connectivity index (χ4n) is 8.05. The number of aromatic nitrogens is 1. The van der Waals surface area contributed by atoms with E-state index in [2.05, 4.69) is 0 Å². The molecule has 0 aliphatic carbocycles. The topological polar surface area (TPSA) is 4.93 Å². The number of hydrogen-bond acceptors (Lipinski definition) is 0. The van der Waals surface area contributed by atoms with E-state index in [4.69, 9.17) is 5.48 Å². The van der Waals surface area contributed by atoms with E-state index in [-0.39, 0.29) is 5.69 Å². The fourth-order valence-corrected chi connectivity index (χ4v) is 8.05. The predicted octanol–water partition coefficient (Wildman–Crippen LogP) is 15.8. The Morgan fingerprint density at radius 3 is 1.02 bits per heavy atom. The number of hydrogen-bond donors (Lipinski definition) is 0. The Hall–Kier alpha value is -7.43. The SMILES string of the molecule is [2H]c1ccccc1-c1cc(-c2ccc3c(c2)c2cc(-c4cc(-c5ccccc5[2H])cc(-c5ccccc5[2H])c4)ccc2n3-c2ccccc2C(F)(F)F)cc(-c2ccccc2[2H])c1. The van der Waals surface area contributed by atoms with E-state index in [0.29, 0.717) is 35.2 Å². The molecule has 10 aromatic rings. The molecule has 9 aromatic carbocycles. The molecule has 0 N–H and O–H groups in total. The van der Waals surface area contributed by atoms with E-state index in [1.54, 1.807) is 34.9 Å². The standard InChI is InChI=1S/C55H36F3N/c56-55(57,58)51-23-13-14-24-54(51)59-52-27-25-41(47-31-43(37-15-5-1-6-16-37)29-44(32-47)38-17-7-2-8-18-38)35-49(52)50-36-42(26-28-53(50)59)48-33-45(39-19-9-3-10-20-39)30-46(34-48)40-21-11-4-12-22-40/h1-36H/i15D,17D,19D,21D. The summed E-state index contributed by atoms with van der Waals surface area (Å²) in [5, 5.41) is 1.47. The van der Waals surface area contributed by atoms with Crippen molar-refractivity contribution >= 4 is 21.8 Å². The first kappa shape index (κ1) is 31.6. The summed E-state index contributed by atoms with van der Waals surface area (Å²) in [4.78, 5) is 0. The lowest BCUT2D eigenvalue weighted by atomic mass is 9.92. The number of halogens is 3. The van der Waals surface area contributed by atoms with Crippen LogP contribution in [0.2, 0.25) is 0 Å². The van der Waals surface area contributed by atoms with Gasteiger partial charge in [-0.25, -0.2) is 0 Å². The van der Waals surface area contributed by atoms with Gasteiger partial charge in [-0.3, -0.25) is 0 Å². The van der Waals surface area contributed by atoms with Crippen LogP contribution in [0.1, 0.15) is 11.0 Å². The molecule has 0 aliphatic rings. The minimum Gasteiger partial charge on any atom is -0.309 e. The van der Waals surface area contributed by atoms with Crippen LogP contribution in [0.3, 0.4) is 0 Å². The molecule has 0 amide bonds. The number of fused-ring (bicyclic) bond motifs is 3. The quantitative estimate of drug-likeness (QED) is 0.152. The normalized spacial score (nSPS) is 12.6. The third-order valence-electron chi connectivity index (χ3n) is 10.8. The summed E-state index contributed by atoms with van der Waals surface area (Å²) in [5.74, 6) is 0. The first-order valence-corrected chi connectivity index (χ1v) is 19.3. The third-order valence-corrected chi connectivity index (χ3v) is 10.8. The molecule has 0 atom stereocenters. The molecule has 0 bridgehead atoms. The van der Waals surface area contributed by atoms with Gasteiger partial charge in [0.1, 0.15) is 0 Å². The molecule has 1 nitrogen and oxygen atoms in total. The van der Waals surface area contributed by atoms with Gasteiger partial charge in [0.05, 0.1) is 27.8 Å². The molecular formula is C55H36F3N. The van der Waals surface area contributed by atoms with Crippen LogP contribution in [0.5, 0.6) is 0 Å². The molecule has 0 saturated heterocycles. The summed E-state index contributed by atoms with van der Waals surface area (Å²) in [6, 6.07) is 60.2. The van der Waals surface area contributed by atoms with Gasteiger partial charge in [-0.05, 0) is 140 Å². The van der Waals surface area contributed by atoms with Gasteiger partial charge in [-0.2, -0.15) is 13.2 Å². The van der Waals surface area contributed by atoms with Crippen molar-refractivity contribution in [3.63, 3.8) is 0 Å². The monoisotopic (exact) mass is 771 g/mol. The summed E-state index contributed by atoms with van der Waals surface area (Å²) < 4.78 is 81.0. The Morgan fingerprint density at radius 2 is 0.661 bits per heavy atom. The van der Waals surface area contributed by atoms with Gasteiger partial charge in [0, 0.05) is 10.8 Å². The maximum atomic E-state index is 14.8. The van der Waals surface area contributed by atoms with Crippen molar-refractivity contribution in [2.45, 2.75) is 6.18 Å². The number of nitrogens with zero attached hydrogens (tertiary/aromatic N) is 1. The molecule has 0 saturated carbocycles. The third kappa shape index (κ3) is 6.89. The van der Waals surface area contributed by atoms with Crippen LogP contribution >= 0.6 is 0 Å². The summed E-state index contributed by atoms with van der Waals surface area (Å²) in [6.07, 6.45) is -4.61. The highest BCUT2D eigenvalue weighted by molar-refractivity contribution is 6.12. The second kappa shape index (κ2) is 14.8. The van der Waals surface area contributed by atoms with Crippen molar-refractivity contribution in [2.24, 2.45) is 0 Å². The van der Waals surface area contributed by atoms with Crippen molar-refractivity contribution < 1.29 is 18.7 Å². The molecule has 0 fully saturated rings. The Kier molecular flexibility index (Phi) is 7.94. The molecule has 1 aromatic heterocycles. The van der Waals surface area contributed by atoms with E-state index in [0.717, 1.165) is 83.6 Å². The van der Waals surface area contributed by atoms with E-state index in [1.807, 2.05) is 146 Å². The zero-order valence-electron chi connectivity index (χ0n) is 35.6. The Bertz CT molecular complexity index is 3080. The summed E-state index contributed by atoms with van der Waals surface area (Å²) >= 11 is 0. The molecule has 0 aliphatic heterocycles. The fraction of sp³-hybridized carbons (Fsp3) is 0.0182. The average Bonchev–Trinajstić information content (AvgIpc) is 3.62. The van der Waals surface area contributed by atoms with Gasteiger partial charge in [-0.1, -0.05) is 145 Å². The molecule has 0 radical (unpaired) electrons. The second-order valence-electron chi connectivity index (χ2n) is 14.5. The minimum atomic E-state index is -4.61. The van der Waals surface area contributed by atoms with E-state index < -0.39 is 11.7 Å². The highest BCUT2D eigenvalue weighted by Crippen LogP contribution is 2.43. The van der Waals surface area contributed by atoms with E-state index >= 15 is 0 Å². The highest BCUT2D eigenvalue weighted by Gasteiger charge is 2.34. The molecule has 0 unspecified atom stereocenters. The van der Waals surface area contributed by atoms with Crippen molar-refractivity contribution in [3.05, 3.63) is 224 Å². The van der Waals surface area contributed by atoms with Crippen LogP contribution in [-0.2, 0) is 6.18 Å². The smallest absolute Gasteiger partial charge is 0.309 e. The van der Waals surface area contributed by atoms with Crippen LogP contribution in [0.15, 0.2) is 218 Å². The van der Waals surface area contributed by atoms with Crippen molar-refractivity contribution in [2.75, 3.05) is 0 Å². The molecule has 0 spiro atoms. The van der Waals surface area contributed by atoms with Crippen LogP contribution in [-0.4, -0.2) is 4.57 Å². The van der Waals surface area contributed by atoms with Crippen LogP contribution < -0.4 is 0 Å². The zero-order chi connectivity index (χ0) is 43.4. The van der Waals surface area contributed by atoms with Crippen molar-refractivity contribution in [1.82, 2.24) is 4.57 Å².